The molecule has 0 bridgehead atoms. The van der Waals surface area contributed by atoms with E-state index in [0.717, 1.165) is 4.88 Å². The lowest BCUT2D eigenvalue weighted by Gasteiger charge is -2.25. The third-order valence-corrected chi connectivity index (χ3v) is 3.92. The second-order valence-corrected chi connectivity index (χ2v) is 7.17. The van der Waals surface area contributed by atoms with Crippen LogP contribution in [-0.2, 0) is 16.1 Å². The van der Waals surface area contributed by atoms with Crippen molar-refractivity contribution in [2.24, 2.45) is 5.41 Å². The Morgan fingerprint density at radius 3 is 2.47 bits per heavy atom. The molecular formula is C13H18ClNO3S. The first kappa shape index (κ1) is 16.0. The minimum atomic E-state index is -0.884. The molecular weight excluding hydrogens is 286 g/mol. The molecule has 0 aliphatic rings. The van der Waals surface area contributed by atoms with E-state index in [1.165, 1.54) is 11.3 Å². The van der Waals surface area contributed by atoms with Crippen molar-refractivity contribution in [3.63, 3.8) is 0 Å². The van der Waals surface area contributed by atoms with Gasteiger partial charge in [0.25, 0.3) is 0 Å². The Morgan fingerprint density at radius 1 is 1.37 bits per heavy atom. The monoisotopic (exact) mass is 303 g/mol. The first-order valence-electron chi connectivity index (χ1n) is 5.89. The summed E-state index contributed by atoms with van der Waals surface area (Å²) >= 11 is 7.28. The van der Waals surface area contributed by atoms with Crippen molar-refractivity contribution in [1.29, 1.82) is 0 Å². The summed E-state index contributed by atoms with van der Waals surface area (Å²) in [4.78, 5) is 25.4. The molecule has 0 aliphatic heterocycles. The van der Waals surface area contributed by atoms with Gasteiger partial charge in [-0.05, 0) is 17.5 Å². The summed E-state index contributed by atoms with van der Waals surface area (Å²) in [6, 6.07) is 3.69. The van der Waals surface area contributed by atoms with Gasteiger partial charge in [0.15, 0.2) is 0 Å². The number of hydrogen-bond donors (Lipinski definition) is 1. The van der Waals surface area contributed by atoms with E-state index in [4.69, 9.17) is 16.7 Å². The van der Waals surface area contributed by atoms with Gasteiger partial charge in [-0.3, -0.25) is 9.59 Å². The molecule has 0 unspecified atom stereocenters. The number of carboxylic acid groups (broad SMARTS) is 1. The van der Waals surface area contributed by atoms with Gasteiger partial charge in [0.05, 0.1) is 17.3 Å². The zero-order valence-electron chi connectivity index (χ0n) is 11.3. The van der Waals surface area contributed by atoms with Crippen LogP contribution < -0.4 is 0 Å². The molecule has 0 saturated heterocycles. The van der Waals surface area contributed by atoms with Crippen LogP contribution in [0, 0.1) is 5.41 Å². The molecule has 0 aliphatic carbocycles. The first-order valence-corrected chi connectivity index (χ1v) is 7.09. The third kappa shape index (κ3) is 5.61. The maximum absolute atomic E-state index is 12.1. The standard InChI is InChI=1S/C13H18ClNO3S/c1-13(2,7-12(17)18)6-11(16)15(3)8-9-4-5-10(14)19-9/h4-5H,6-8H2,1-3H3,(H,17,18). The summed E-state index contributed by atoms with van der Waals surface area (Å²) in [5.41, 5.74) is -0.537. The van der Waals surface area contributed by atoms with E-state index in [1.54, 1.807) is 31.9 Å². The highest BCUT2D eigenvalue weighted by atomic mass is 35.5. The smallest absolute Gasteiger partial charge is 0.303 e. The normalized spacial score (nSPS) is 11.4. The molecule has 0 fully saturated rings. The van der Waals surface area contributed by atoms with E-state index >= 15 is 0 Å². The molecule has 1 aromatic rings. The number of aliphatic carboxylic acids is 1. The minimum Gasteiger partial charge on any atom is -0.481 e. The molecule has 1 N–H and O–H groups in total. The van der Waals surface area contributed by atoms with Crippen molar-refractivity contribution in [3.05, 3.63) is 21.3 Å². The lowest BCUT2D eigenvalue weighted by Crippen LogP contribution is -2.31. The van der Waals surface area contributed by atoms with Crippen LogP contribution >= 0.6 is 22.9 Å². The summed E-state index contributed by atoms with van der Waals surface area (Å²) in [7, 11) is 1.72. The Morgan fingerprint density at radius 2 is 2.00 bits per heavy atom. The van der Waals surface area contributed by atoms with Gasteiger partial charge in [-0.1, -0.05) is 25.4 Å². The van der Waals surface area contributed by atoms with Crippen LogP contribution in [0.4, 0.5) is 0 Å². The van der Waals surface area contributed by atoms with Gasteiger partial charge >= 0.3 is 5.97 Å². The maximum atomic E-state index is 12.1. The molecule has 1 rings (SSSR count). The predicted octanol–water partition coefficient (Wildman–Crippen LogP) is 3.25. The van der Waals surface area contributed by atoms with E-state index in [1.807, 2.05) is 6.07 Å². The van der Waals surface area contributed by atoms with E-state index in [0.29, 0.717) is 10.9 Å². The van der Waals surface area contributed by atoms with Crippen molar-refractivity contribution in [2.75, 3.05) is 7.05 Å². The summed E-state index contributed by atoms with van der Waals surface area (Å²) < 4.78 is 0.696. The van der Waals surface area contributed by atoms with Gasteiger partial charge in [-0.15, -0.1) is 11.3 Å². The van der Waals surface area contributed by atoms with Crippen LogP contribution in [0.3, 0.4) is 0 Å². The fraction of sp³-hybridized carbons (Fsp3) is 0.538. The molecule has 6 heteroatoms. The van der Waals surface area contributed by atoms with Gasteiger partial charge in [0.2, 0.25) is 5.91 Å². The number of carbonyl (C=O) groups excluding carboxylic acids is 1. The molecule has 0 atom stereocenters. The molecule has 0 aromatic carbocycles. The summed E-state index contributed by atoms with van der Waals surface area (Å²) in [5, 5.41) is 8.80. The maximum Gasteiger partial charge on any atom is 0.303 e. The fourth-order valence-corrected chi connectivity index (χ4v) is 2.92. The fourth-order valence-electron chi connectivity index (χ4n) is 1.77. The van der Waals surface area contributed by atoms with Crippen LogP contribution in [0.25, 0.3) is 0 Å². The van der Waals surface area contributed by atoms with E-state index < -0.39 is 11.4 Å². The Hall–Kier alpha value is -1.07. The van der Waals surface area contributed by atoms with Gasteiger partial charge in [0.1, 0.15) is 0 Å². The number of hydrogen-bond acceptors (Lipinski definition) is 3. The molecule has 1 heterocycles. The van der Waals surface area contributed by atoms with Crippen molar-refractivity contribution in [3.8, 4) is 0 Å². The topological polar surface area (TPSA) is 57.6 Å². The van der Waals surface area contributed by atoms with Crippen LogP contribution in [0.2, 0.25) is 4.34 Å². The summed E-state index contributed by atoms with van der Waals surface area (Å²) in [6.07, 6.45) is 0.201. The highest BCUT2D eigenvalue weighted by Gasteiger charge is 2.26. The van der Waals surface area contributed by atoms with Crippen molar-refractivity contribution < 1.29 is 14.7 Å². The summed E-state index contributed by atoms with van der Waals surface area (Å²) in [6.45, 7) is 4.07. The van der Waals surface area contributed by atoms with E-state index in [2.05, 4.69) is 0 Å². The highest BCUT2D eigenvalue weighted by Crippen LogP contribution is 2.27. The van der Waals surface area contributed by atoms with Crippen LogP contribution in [0.1, 0.15) is 31.6 Å². The first-order chi connectivity index (χ1) is 8.69. The molecule has 0 radical (unpaired) electrons. The van der Waals surface area contributed by atoms with E-state index in [9.17, 15) is 9.59 Å². The van der Waals surface area contributed by atoms with Crippen LogP contribution in [-0.4, -0.2) is 28.9 Å². The van der Waals surface area contributed by atoms with Crippen LogP contribution in [0.5, 0.6) is 0 Å². The lowest BCUT2D eigenvalue weighted by atomic mass is 9.85. The highest BCUT2D eigenvalue weighted by molar-refractivity contribution is 7.16. The number of carbonyl (C=O) groups is 2. The zero-order valence-corrected chi connectivity index (χ0v) is 12.8. The molecule has 4 nitrogen and oxygen atoms in total. The van der Waals surface area contributed by atoms with Gasteiger partial charge in [0, 0.05) is 18.3 Å². The molecule has 19 heavy (non-hydrogen) atoms. The zero-order chi connectivity index (χ0) is 14.6. The average molecular weight is 304 g/mol. The number of carboxylic acids is 1. The Labute approximate surface area is 122 Å². The molecule has 1 amide bonds. The second-order valence-electron chi connectivity index (χ2n) is 5.37. The largest absolute Gasteiger partial charge is 0.481 e. The number of amides is 1. The molecule has 106 valence electrons. The van der Waals surface area contributed by atoms with Crippen LogP contribution in [0.15, 0.2) is 12.1 Å². The minimum absolute atomic E-state index is 0.0165. The number of halogens is 1. The van der Waals surface area contributed by atoms with Gasteiger partial charge in [-0.25, -0.2) is 0 Å². The van der Waals surface area contributed by atoms with Gasteiger partial charge < -0.3 is 10.0 Å². The predicted molar refractivity (Wildman–Crippen MR) is 76.5 cm³/mol. The molecule has 0 saturated carbocycles. The second kappa shape index (κ2) is 6.39. The molecule has 1 aromatic heterocycles. The molecule has 0 spiro atoms. The van der Waals surface area contributed by atoms with Crippen molar-refractivity contribution in [2.45, 2.75) is 33.2 Å². The Bertz CT molecular complexity index is 470. The Kier molecular flexibility index (Phi) is 5.38. The average Bonchev–Trinajstić information content (AvgIpc) is 2.60. The van der Waals surface area contributed by atoms with Crippen molar-refractivity contribution in [1.82, 2.24) is 4.90 Å². The number of thiophene rings is 1. The number of rotatable bonds is 6. The lowest BCUT2D eigenvalue weighted by molar-refractivity contribution is -0.140. The quantitative estimate of drug-likeness (QED) is 0.877. The Balaban J connectivity index is 2.55. The van der Waals surface area contributed by atoms with E-state index in [-0.39, 0.29) is 18.7 Å². The number of nitrogens with zero attached hydrogens (tertiary/aromatic N) is 1. The SMILES string of the molecule is CN(Cc1ccc(Cl)s1)C(=O)CC(C)(C)CC(=O)O. The van der Waals surface area contributed by atoms with Gasteiger partial charge in [-0.2, -0.15) is 0 Å². The van der Waals surface area contributed by atoms with Crippen molar-refractivity contribution >= 4 is 34.8 Å². The third-order valence-electron chi connectivity index (χ3n) is 2.71. The summed E-state index contributed by atoms with van der Waals surface area (Å²) in [5.74, 6) is -0.943.